The summed E-state index contributed by atoms with van der Waals surface area (Å²) in [7, 11) is 1.31. The number of hydrogen-bond donors (Lipinski definition) is 0. The van der Waals surface area contributed by atoms with Gasteiger partial charge in [-0.2, -0.15) is 0 Å². The Kier molecular flexibility index (Phi) is 5.27. The molecular weight excluding hydrogens is 384 g/mol. The maximum Gasteiger partial charge on any atom is 0.340 e. The van der Waals surface area contributed by atoms with Gasteiger partial charge in [-0.3, -0.25) is 9.59 Å². The number of anilines is 1. The van der Waals surface area contributed by atoms with E-state index in [1.54, 1.807) is 28.7 Å². The number of amides is 1. The summed E-state index contributed by atoms with van der Waals surface area (Å²) in [6, 6.07) is 15.0. The molecule has 2 aromatic carbocycles. The van der Waals surface area contributed by atoms with E-state index in [2.05, 4.69) is 0 Å². The van der Waals surface area contributed by atoms with Crippen LogP contribution in [0.4, 0.5) is 5.69 Å². The molecule has 0 fully saturated rings. The molecule has 1 aliphatic rings. The average molecular weight is 406 g/mol. The fraction of sp³-hybridized carbons (Fsp3) is 0.261. The number of nitrogens with zero attached hydrogens (tertiary/aromatic N) is 2. The maximum absolute atomic E-state index is 12.8. The number of esters is 2. The number of aromatic nitrogens is 1. The molecule has 7 heteroatoms. The van der Waals surface area contributed by atoms with Gasteiger partial charge in [0.2, 0.25) is 0 Å². The van der Waals surface area contributed by atoms with Crippen LogP contribution in [0.2, 0.25) is 0 Å². The predicted molar refractivity (Wildman–Crippen MR) is 111 cm³/mol. The van der Waals surface area contributed by atoms with Crippen LogP contribution in [0.1, 0.15) is 22.8 Å². The lowest BCUT2D eigenvalue weighted by atomic mass is 10.2. The van der Waals surface area contributed by atoms with Gasteiger partial charge >= 0.3 is 11.9 Å². The third kappa shape index (κ3) is 3.54. The molecule has 3 aromatic rings. The van der Waals surface area contributed by atoms with E-state index in [0.29, 0.717) is 23.0 Å². The van der Waals surface area contributed by atoms with Crippen molar-refractivity contribution in [2.24, 2.45) is 0 Å². The second-order valence-corrected chi connectivity index (χ2v) is 7.18. The molecule has 0 bridgehead atoms. The van der Waals surface area contributed by atoms with Gasteiger partial charge < -0.3 is 18.9 Å². The van der Waals surface area contributed by atoms with E-state index in [1.165, 1.54) is 7.11 Å². The van der Waals surface area contributed by atoms with E-state index in [4.69, 9.17) is 9.47 Å². The monoisotopic (exact) mass is 406 g/mol. The Morgan fingerprint density at radius 2 is 1.80 bits per heavy atom. The minimum atomic E-state index is -0.912. The Morgan fingerprint density at radius 1 is 1.07 bits per heavy atom. The van der Waals surface area contributed by atoms with Gasteiger partial charge in [0.15, 0.2) is 6.10 Å². The molecule has 0 aliphatic carbocycles. The molecule has 4 rings (SSSR count). The van der Waals surface area contributed by atoms with Crippen LogP contribution >= 0.6 is 0 Å². The highest BCUT2D eigenvalue weighted by atomic mass is 16.5. The molecule has 30 heavy (non-hydrogen) atoms. The second kappa shape index (κ2) is 8.02. The molecule has 0 spiro atoms. The van der Waals surface area contributed by atoms with E-state index >= 15 is 0 Å². The van der Waals surface area contributed by atoms with Crippen LogP contribution in [-0.4, -0.2) is 42.2 Å². The van der Waals surface area contributed by atoms with Crippen molar-refractivity contribution < 1.29 is 23.9 Å². The van der Waals surface area contributed by atoms with Crippen molar-refractivity contribution in [2.75, 3.05) is 18.6 Å². The fourth-order valence-corrected chi connectivity index (χ4v) is 3.86. The zero-order valence-corrected chi connectivity index (χ0v) is 16.8. The van der Waals surface area contributed by atoms with E-state index in [-0.39, 0.29) is 12.5 Å². The summed E-state index contributed by atoms with van der Waals surface area (Å²) in [5, 5.41) is 0.690. The van der Waals surface area contributed by atoms with Crippen molar-refractivity contribution in [1.29, 1.82) is 0 Å². The summed E-state index contributed by atoms with van der Waals surface area (Å²) >= 11 is 0. The minimum Gasteiger partial charge on any atom is -0.465 e. The summed E-state index contributed by atoms with van der Waals surface area (Å²) in [6.07, 6.45) is 1.44. The second-order valence-electron chi connectivity index (χ2n) is 7.18. The first-order valence-corrected chi connectivity index (χ1v) is 9.74. The largest absolute Gasteiger partial charge is 0.465 e. The molecular formula is C23H22N2O5. The number of carbonyl (C=O) groups is 3. The number of hydrogen-bond acceptors (Lipinski definition) is 5. The summed E-state index contributed by atoms with van der Waals surface area (Å²) in [4.78, 5) is 39.1. The number of carbonyl (C=O) groups excluding carboxylic acids is 3. The molecule has 1 aromatic heterocycles. The van der Waals surface area contributed by atoms with E-state index in [1.807, 2.05) is 42.5 Å². The molecule has 1 atom stereocenters. The van der Waals surface area contributed by atoms with E-state index in [0.717, 1.165) is 17.7 Å². The number of para-hydroxylation sites is 2. The zero-order valence-electron chi connectivity index (χ0n) is 16.8. The van der Waals surface area contributed by atoms with Gasteiger partial charge in [-0.1, -0.05) is 36.4 Å². The van der Waals surface area contributed by atoms with Crippen LogP contribution in [-0.2, 0) is 32.0 Å². The van der Waals surface area contributed by atoms with Crippen molar-refractivity contribution >= 4 is 34.4 Å². The third-order valence-corrected chi connectivity index (χ3v) is 5.30. The van der Waals surface area contributed by atoms with Gasteiger partial charge in [0, 0.05) is 29.3 Å². The number of fused-ring (bicyclic) bond motifs is 2. The molecule has 1 aliphatic heterocycles. The van der Waals surface area contributed by atoms with Gasteiger partial charge in [0.1, 0.15) is 6.54 Å². The van der Waals surface area contributed by atoms with Gasteiger partial charge in [-0.25, -0.2) is 4.79 Å². The topological polar surface area (TPSA) is 77.8 Å². The summed E-state index contributed by atoms with van der Waals surface area (Å²) in [6.45, 7) is 2.03. The minimum absolute atomic E-state index is 0.119. The Bertz CT molecular complexity index is 1130. The van der Waals surface area contributed by atoms with Crippen molar-refractivity contribution in [3.63, 3.8) is 0 Å². The molecule has 7 nitrogen and oxygen atoms in total. The third-order valence-electron chi connectivity index (χ3n) is 5.30. The molecule has 2 heterocycles. The first-order valence-electron chi connectivity index (χ1n) is 9.74. The van der Waals surface area contributed by atoms with Crippen molar-refractivity contribution in [3.05, 3.63) is 65.9 Å². The predicted octanol–water partition coefficient (Wildman–Crippen LogP) is 2.95. The standard InChI is InChI=1S/C23H22N2O5/c1-15(22(27)25-12-11-16-7-3-5-9-19(16)25)30-21(26)14-24-13-18(23(28)29-2)17-8-4-6-10-20(17)24/h3-10,13,15H,11-12,14H2,1-2H3. The van der Waals surface area contributed by atoms with Crippen LogP contribution in [0, 0.1) is 0 Å². The number of methoxy groups -OCH3 is 1. The Morgan fingerprint density at radius 3 is 2.60 bits per heavy atom. The van der Waals surface area contributed by atoms with Gasteiger partial charge in [0.05, 0.1) is 12.7 Å². The van der Waals surface area contributed by atoms with Crippen molar-refractivity contribution in [2.45, 2.75) is 26.0 Å². The van der Waals surface area contributed by atoms with Crippen LogP contribution < -0.4 is 4.90 Å². The van der Waals surface area contributed by atoms with Gasteiger partial charge in [-0.05, 0) is 31.0 Å². The molecule has 0 N–H and O–H groups in total. The molecule has 154 valence electrons. The average Bonchev–Trinajstić information content (AvgIpc) is 3.34. The van der Waals surface area contributed by atoms with E-state index < -0.39 is 18.0 Å². The summed E-state index contributed by atoms with van der Waals surface area (Å²) < 4.78 is 11.9. The number of rotatable bonds is 5. The Labute approximate surface area is 173 Å². The van der Waals surface area contributed by atoms with Crippen LogP contribution in [0.3, 0.4) is 0 Å². The lowest BCUT2D eigenvalue weighted by Gasteiger charge is -2.21. The van der Waals surface area contributed by atoms with Crippen LogP contribution in [0.15, 0.2) is 54.7 Å². The maximum atomic E-state index is 12.8. The molecule has 0 saturated heterocycles. The summed E-state index contributed by atoms with van der Waals surface area (Å²) in [5.41, 5.74) is 3.06. The molecule has 1 amide bonds. The van der Waals surface area contributed by atoms with Crippen LogP contribution in [0.5, 0.6) is 0 Å². The highest BCUT2D eigenvalue weighted by Crippen LogP contribution is 2.28. The quantitative estimate of drug-likeness (QED) is 0.609. The smallest absolute Gasteiger partial charge is 0.340 e. The highest BCUT2D eigenvalue weighted by molar-refractivity contribution is 6.04. The van der Waals surface area contributed by atoms with Crippen molar-refractivity contribution in [3.8, 4) is 0 Å². The SMILES string of the molecule is COC(=O)c1cn(CC(=O)OC(C)C(=O)N2CCc3ccccc32)c2ccccc12. The lowest BCUT2D eigenvalue weighted by Crippen LogP contribution is -2.39. The highest BCUT2D eigenvalue weighted by Gasteiger charge is 2.30. The van der Waals surface area contributed by atoms with Gasteiger partial charge in [0.25, 0.3) is 5.91 Å². The Hall–Kier alpha value is -3.61. The molecule has 1 unspecified atom stereocenters. The lowest BCUT2D eigenvalue weighted by molar-refractivity contribution is -0.154. The first kappa shape index (κ1) is 19.7. The fourth-order valence-electron chi connectivity index (χ4n) is 3.86. The Balaban J connectivity index is 1.48. The van der Waals surface area contributed by atoms with Gasteiger partial charge in [-0.15, -0.1) is 0 Å². The first-order chi connectivity index (χ1) is 14.5. The normalized spacial score (nSPS) is 13.7. The van der Waals surface area contributed by atoms with E-state index in [9.17, 15) is 14.4 Å². The number of benzene rings is 2. The van der Waals surface area contributed by atoms with Crippen molar-refractivity contribution in [1.82, 2.24) is 4.57 Å². The molecule has 0 radical (unpaired) electrons. The number of ether oxygens (including phenoxy) is 2. The van der Waals surface area contributed by atoms with Crippen LogP contribution in [0.25, 0.3) is 10.9 Å². The summed E-state index contributed by atoms with van der Waals surface area (Å²) in [5.74, 6) is -1.28. The molecule has 0 saturated carbocycles. The zero-order chi connectivity index (χ0) is 21.3.